The molecule has 18 heavy (non-hydrogen) atoms. The topological polar surface area (TPSA) is 38.9 Å². The summed E-state index contributed by atoms with van der Waals surface area (Å²) in [5.41, 5.74) is 8.09. The quantitative estimate of drug-likeness (QED) is 0.928. The van der Waals surface area contributed by atoms with Crippen LogP contribution in [0.2, 0.25) is 10.0 Å². The molecule has 2 nitrogen and oxygen atoms in total. The van der Waals surface area contributed by atoms with Gasteiger partial charge in [-0.15, -0.1) is 0 Å². The fourth-order valence-corrected chi connectivity index (χ4v) is 2.23. The van der Waals surface area contributed by atoms with Crippen LogP contribution >= 0.6 is 23.2 Å². The molecule has 1 heterocycles. The molecule has 1 aromatic heterocycles. The van der Waals surface area contributed by atoms with E-state index in [2.05, 4.69) is 4.98 Å². The van der Waals surface area contributed by atoms with E-state index in [1.54, 1.807) is 12.4 Å². The maximum atomic E-state index is 6.11. The lowest BCUT2D eigenvalue weighted by atomic mass is 9.92. The molecule has 94 valence electrons. The highest BCUT2D eigenvalue weighted by atomic mass is 35.5. The molecule has 0 spiro atoms. The molecule has 0 bridgehead atoms. The first-order valence-corrected chi connectivity index (χ1v) is 6.50. The zero-order valence-electron chi connectivity index (χ0n) is 9.81. The van der Waals surface area contributed by atoms with Crippen molar-refractivity contribution >= 4 is 23.2 Å². The zero-order chi connectivity index (χ0) is 13.0. The Balaban J connectivity index is 2.20. The van der Waals surface area contributed by atoms with Crippen molar-refractivity contribution < 1.29 is 0 Å². The summed E-state index contributed by atoms with van der Waals surface area (Å²) in [6, 6.07) is 9.71. The van der Waals surface area contributed by atoms with Crippen LogP contribution in [0, 0.1) is 0 Å². The number of aromatic nitrogens is 1. The molecule has 1 aromatic carbocycles. The fourth-order valence-electron chi connectivity index (χ4n) is 1.91. The van der Waals surface area contributed by atoms with Gasteiger partial charge in [-0.25, -0.2) is 0 Å². The van der Waals surface area contributed by atoms with Crippen molar-refractivity contribution in [2.75, 3.05) is 6.54 Å². The van der Waals surface area contributed by atoms with Gasteiger partial charge in [0.1, 0.15) is 0 Å². The number of pyridine rings is 1. The molecule has 0 fully saturated rings. The predicted octanol–water partition coefficient (Wildman–Crippen LogP) is 3.67. The van der Waals surface area contributed by atoms with Crippen molar-refractivity contribution in [3.8, 4) is 0 Å². The summed E-state index contributed by atoms with van der Waals surface area (Å²) in [5, 5.41) is 1.42. The summed E-state index contributed by atoms with van der Waals surface area (Å²) in [6.45, 7) is 0.570. The second-order valence-corrected chi connectivity index (χ2v) is 5.00. The van der Waals surface area contributed by atoms with Crippen LogP contribution in [-0.2, 0) is 6.42 Å². The van der Waals surface area contributed by atoms with E-state index in [0.717, 1.165) is 17.0 Å². The summed E-state index contributed by atoms with van der Waals surface area (Å²) in [5.74, 6) is 0.238. The first-order chi connectivity index (χ1) is 8.70. The van der Waals surface area contributed by atoms with E-state index in [1.807, 2.05) is 30.3 Å². The van der Waals surface area contributed by atoms with Crippen LogP contribution in [0.1, 0.15) is 17.0 Å². The van der Waals surface area contributed by atoms with Gasteiger partial charge in [0.15, 0.2) is 0 Å². The Morgan fingerprint density at radius 3 is 2.44 bits per heavy atom. The molecular formula is C14H14Cl2N2. The molecule has 0 amide bonds. The minimum Gasteiger partial charge on any atom is -0.330 e. The SMILES string of the molecule is NCC(Cc1ccncc1Cl)c1ccc(Cl)cc1. The number of nitrogens with zero attached hydrogens (tertiary/aromatic N) is 1. The molecule has 0 saturated heterocycles. The lowest BCUT2D eigenvalue weighted by Gasteiger charge is -2.16. The van der Waals surface area contributed by atoms with E-state index in [0.29, 0.717) is 11.6 Å². The molecule has 0 aliphatic heterocycles. The number of rotatable bonds is 4. The van der Waals surface area contributed by atoms with Crippen molar-refractivity contribution in [3.05, 3.63) is 63.9 Å². The molecule has 4 heteroatoms. The highest BCUT2D eigenvalue weighted by Gasteiger charge is 2.12. The van der Waals surface area contributed by atoms with Crippen LogP contribution in [0.15, 0.2) is 42.7 Å². The highest BCUT2D eigenvalue weighted by molar-refractivity contribution is 6.31. The number of benzene rings is 1. The predicted molar refractivity (Wildman–Crippen MR) is 76.2 cm³/mol. The maximum Gasteiger partial charge on any atom is 0.0621 e. The second-order valence-electron chi connectivity index (χ2n) is 4.16. The molecule has 2 rings (SSSR count). The third kappa shape index (κ3) is 3.22. The summed E-state index contributed by atoms with van der Waals surface area (Å²) in [6.07, 6.45) is 4.21. The van der Waals surface area contributed by atoms with Gasteiger partial charge >= 0.3 is 0 Å². The molecule has 2 N–H and O–H groups in total. The summed E-state index contributed by atoms with van der Waals surface area (Å²) in [4.78, 5) is 3.98. The molecular weight excluding hydrogens is 267 g/mol. The van der Waals surface area contributed by atoms with Gasteiger partial charge in [0.25, 0.3) is 0 Å². The first kappa shape index (κ1) is 13.3. The second kappa shape index (κ2) is 6.19. The number of hydrogen-bond donors (Lipinski definition) is 1. The van der Waals surface area contributed by atoms with E-state index < -0.39 is 0 Å². The molecule has 0 aliphatic carbocycles. The average molecular weight is 281 g/mol. The highest BCUT2D eigenvalue weighted by Crippen LogP contribution is 2.24. The number of nitrogens with two attached hydrogens (primary N) is 1. The Labute approximate surface area is 117 Å². The van der Waals surface area contributed by atoms with Gasteiger partial charge in [0.05, 0.1) is 5.02 Å². The normalized spacial score (nSPS) is 12.4. The Kier molecular flexibility index (Phi) is 4.59. The van der Waals surface area contributed by atoms with E-state index in [9.17, 15) is 0 Å². The maximum absolute atomic E-state index is 6.11. The van der Waals surface area contributed by atoms with Gasteiger partial charge in [0, 0.05) is 23.3 Å². The standard InChI is InChI=1S/C14H14Cl2N2/c15-13-3-1-10(2-4-13)12(8-17)7-11-5-6-18-9-14(11)16/h1-6,9,12H,7-8,17H2. The van der Waals surface area contributed by atoms with Gasteiger partial charge in [-0.3, -0.25) is 4.98 Å². The Bertz CT molecular complexity index is 511. The Morgan fingerprint density at radius 1 is 1.11 bits per heavy atom. The van der Waals surface area contributed by atoms with Crippen LogP contribution in [0.4, 0.5) is 0 Å². The molecule has 2 aromatic rings. The number of hydrogen-bond acceptors (Lipinski definition) is 2. The van der Waals surface area contributed by atoms with Crippen LogP contribution in [0.3, 0.4) is 0 Å². The molecule has 0 saturated carbocycles. The minimum atomic E-state index is 0.238. The Hall–Kier alpha value is -1.09. The van der Waals surface area contributed by atoms with Crippen LogP contribution in [0.25, 0.3) is 0 Å². The van der Waals surface area contributed by atoms with Crippen LogP contribution < -0.4 is 5.73 Å². The minimum absolute atomic E-state index is 0.238. The molecule has 0 radical (unpaired) electrons. The lowest BCUT2D eigenvalue weighted by Crippen LogP contribution is -2.15. The van der Waals surface area contributed by atoms with Gasteiger partial charge in [-0.2, -0.15) is 0 Å². The van der Waals surface area contributed by atoms with Crippen LogP contribution in [0.5, 0.6) is 0 Å². The van der Waals surface area contributed by atoms with Crippen LogP contribution in [-0.4, -0.2) is 11.5 Å². The first-order valence-electron chi connectivity index (χ1n) is 5.74. The van der Waals surface area contributed by atoms with Crippen molar-refractivity contribution in [2.45, 2.75) is 12.3 Å². The molecule has 1 atom stereocenters. The van der Waals surface area contributed by atoms with Crippen molar-refractivity contribution in [3.63, 3.8) is 0 Å². The monoisotopic (exact) mass is 280 g/mol. The van der Waals surface area contributed by atoms with E-state index in [4.69, 9.17) is 28.9 Å². The van der Waals surface area contributed by atoms with E-state index >= 15 is 0 Å². The summed E-state index contributed by atoms with van der Waals surface area (Å²) in [7, 11) is 0. The van der Waals surface area contributed by atoms with E-state index in [1.165, 1.54) is 5.56 Å². The van der Waals surface area contributed by atoms with Gasteiger partial charge < -0.3 is 5.73 Å². The van der Waals surface area contributed by atoms with E-state index in [-0.39, 0.29) is 5.92 Å². The zero-order valence-corrected chi connectivity index (χ0v) is 11.3. The lowest BCUT2D eigenvalue weighted by molar-refractivity contribution is 0.694. The summed E-state index contributed by atoms with van der Waals surface area (Å²) >= 11 is 12.0. The third-order valence-electron chi connectivity index (χ3n) is 2.95. The average Bonchev–Trinajstić information content (AvgIpc) is 2.39. The fraction of sp³-hybridized carbons (Fsp3) is 0.214. The van der Waals surface area contributed by atoms with Gasteiger partial charge in [0.2, 0.25) is 0 Å². The molecule has 0 aliphatic rings. The van der Waals surface area contributed by atoms with Gasteiger partial charge in [-0.05, 0) is 42.3 Å². The molecule has 1 unspecified atom stereocenters. The Morgan fingerprint density at radius 2 is 1.83 bits per heavy atom. The summed E-state index contributed by atoms with van der Waals surface area (Å²) < 4.78 is 0. The van der Waals surface area contributed by atoms with Crippen molar-refractivity contribution in [1.82, 2.24) is 4.98 Å². The third-order valence-corrected chi connectivity index (χ3v) is 3.54. The largest absolute Gasteiger partial charge is 0.330 e. The van der Waals surface area contributed by atoms with Crippen molar-refractivity contribution in [2.24, 2.45) is 5.73 Å². The van der Waals surface area contributed by atoms with Gasteiger partial charge in [-0.1, -0.05) is 35.3 Å². The smallest absolute Gasteiger partial charge is 0.0621 e. The number of halogens is 2. The van der Waals surface area contributed by atoms with Crippen molar-refractivity contribution in [1.29, 1.82) is 0 Å².